The van der Waals surface area contributed by atoms with Crippen LogP contribution in [-0.2, 0) is 4.74 Å². The standard InChI is InChI=1S/C14H23N3O2S/c1-9(15)13-16-12(8-20-13)14(18)17(6-7-19-3)10(2)11-4-5-11/h8-11H,4-7,15H2,1-3H3. The highest BCUT2D eigenvalue weighted by Gasteiger charge is 2.35. The molecule has 1 saturated carbocycles. The molecule has 1 aromatic heterocycles. The Labute approximate surface area is 124 Å². The van der Waals surface area contributed by atoms with E-state index in [9.17, 15) is 4.79 Å². The van der Waals surface area contributed by atoms with E-state index < -0.39 is 0 Å². The molecule has 0 spiro atoms. The van der Waals surface area contributed by atoms with Crippen LogP contribution in [0.5, 0.6) is 0 Å². The second kappa shape index (κ2) is 6.65. The lowest BCUT2D eigenvalue weighted by atomic mass is 10.1. The molecule has 0 aromatic carbocycles. The van der Waals surface area contributed by atoms with Gasteiger partial charge in [0.2, 0.25) is 0 Å². The summed E-state index contributed by atoms with van der Waals surface area (Å²) in [5.74, 6) is 0.618. The Kier molecular flexibility index (Phi) is 5.12. The van der Waals surface area contributed by atoms with E-state index >= 15 is 0 Å². The lowest BCUT2D eigenvalue weighted by molar-refractivity contribution is 0.0589. The van der Waals surface area contributed by atoms with Gasteiger partial charge in [0.05, 0.1) is 12.6 Å². The van der Waals surface area contributed by atoms with Crippen molar-refractivity contribution in [2.45, 2.75) is 38.8 Å². The van der Waals surface area contributed by atoms with Gasteiger partial charge in [-0.1, -0.05) is 0 Å². The molecule has 20 heavy (non-hydrogen) atoms. The molecule has 2 unspecified atom stereocenters. The fourth-order valence-corrected chi connectivity index (χ4v) is 3.01. The summed E-state index contributed by atoms with van der Waals surface area (Å²) < 4.78 is 5.12. The van der Waals surface area contributed by atoms with Gasteiger partial charge in [-0.25, -0.2) is 4.98 Å². The molecule has 1 aliphatic rings. The second-order valence-electron chi connectivity index (χ2n) is 5.43. The first-order valence-electron chi connectivity index (χ1n) is 7.05. The smallest absolute Gasteiger partial charge is 0.273 e. The lowest BCUT2D eigenvalue weighted by Crippen LogP contribution is -2.42. The highest BCUT2D eigenvalue weighted by molar-refractivity contribution is 7.09. The molecule has 6 heteroatoms. The van der Waals surface area contributed by atoms with Gasteiger partial charge in [0.1, 0.15) is 10.7 Å². The predicted molar refractivity (Wildman–Crippen MR) is 79.8 cm³/mol. The van der Waals surface area contributed by atoms with Crippen molar-refractivity contribution >= 4 is 17.2 Å². The minimum absolute atomic E-state index is 0.00963. The molecule has 0 aliphatic heterocycles. The van der Waals surface area contributed by atoms with Gasteiger partial charge >= 0.3 is 0 Å². The molecule has 1 heterocycles. The monoisotopic (exact) mass is 297 g/mol. The third-order valence-corrected chi connectivity index (χ3v) is 4.77. The summed E-state index contributed by atoms with van der Waals surface area (Å²) in [6, 6.07) is 0.118. The molecule has 1 amide bonds. The van der Waals surface area contributed by atoms with Crippen molar-refractivity contribution in [3.63, 3.8) is 0 Å². The van der Waals surface area contributed by atoms with Crippen molar-refractivity contribution in [2.24, 2.45) is 11.7 Å². The number of amides is 1. The van der Waals surface area contributed by atoms with E-state index in [0.29, 0.717) is 24.8 Å². The highest BCUT2D eigenvalue weighted by Crippen LogP contribution is 2.35. The maximum absolute atomic E-state index is 12.6. The van der Waals surface area contributed by atoms with Crippen molar-refractivity contribution in [3.05, 3.63) is 16.1 Å². The van der Waals surface area contributed by atoms with Crippen molar-refractivity contribution in [3.8, 4) is 0 Å². The summed E-state index contributed by atoms with van der Waals surface area (Å²) in [6.45, 7) is 5.15. The van der Waals surface area contributed by atoms with Crippen LogP contribution >= 0.6 is 11.3 Å². The minimum atomic E-state index is -0.130. The van der Waals surface area contributed by atoms with Crippen molar-refractivity contribution in [1.29, 1.82) is 0 Å². The van der Waals surface area contributed by atoms with Crippen LogP contribution < -0.4 is 5.73 Å². The molecule has 2 rings (SSSR count). The van der Waals surface area contributed by atoms with Crippen LogP contribution in [0.1, 0.15) is 48.2 Å². The topological polar surface area (TPSA) is 68.5 Å². The molecule has 0 saturated heterocycles. The molecule has 0 radical (unpaired) electrons. The first kappa shape index (κ1) is 15.4. The molecular formula is C14H23N3O2S. The quantitative estimate of drug-likeness (QED) is 0.836. The van der Waals surface area contributed by atoms with E-state index in [0.717, 1.165) is 5.01 Å². The number of nitrogens with zero attached hydrogens (tertiary/aromatic N) is 2. The number of aromatic nitrogens is 1. The van der Waals surface area contributed by atoms with Crippen LogP contribution in [0, 0.1) is 5.92 Å². The van der Waals surface area contributed by atoms with Crippen molar-refractivity contribution in [2.75, 3.05) is 20.3 Å². The summed E-state index contributed by atoms with van der Waals surface area (Å²) in [6.07, 6.45) is 2.42. The Bertz CT molecular complexity index is 457. The maximum Gasteiger partial charge on any atom is 0.273 e. The molecular weight excluding hydrogens is 274 g/mol. The van der Waals surface area contributed by atoms with Gasteiger partial charge in [0, 0.05) is 25.1 Å². The number of hydrogen-bond donors (Lipinski definition) is 1. The zero-order chi connectivity index (χ0) is 14.7. The van der Waals surface area contributed by atoms with Gasteiger partial charge < -0.3 is 15.4 Å². The van der Waals surface area contributed by atoms with E-state index in [2.05, 4.69) is 11.9 Å². The Hall–Kier alpha value is -0.980. The molecule has 1 aliphatic carbocycles. The van der Waals surface area contributed by atoms with Gasteiger partial charge in [-0.05, 0) is 32.6 Å². The van der Waals surface area contributed by atoms with Crippen molar-refractivity contribution < 1.29 is 9.53 Å². The van der Waals surface area contributed by atoms with Gasteiger partial charge in [-0.2, -0.15) is 0 Å². The van der Waals surface area contributed by atoms with E-state index in [1.54, 1.807) is 12.5 Å². The zero-order valence-corrected chi connectivity index (χ0v) is 13.2. The SMILES string of the molecule is COCCN(C(=O)c1csc(C(C)N)n1)C(C)C1CC1. The van der Waals surface area contributed by atoms with Crippen LogP contribution in [0.3, 0.4) is 0 Å². The van der Waals surface area contributed by atoms with E-state index in [1.165, 1.54) is 24.2 Å². The maximum atomic E-state index is 12.6. The first-order valence-corrected chi connectivity index (χ1v) is 7.93. The molecule has 1 aromatic rings. The van der Waals surface area contributed by atoms with Crippen LogP contribution in [0.2, 0.25) is 0 Å². The third kappa shape index (κ3) is 3.56. The molecule has 1 fully saturated rings. The average Bonchev–Trinajstić information content (AvgIpc) is 3.15. The normalized spacial score (nSPS) is 17.8. The summed E-state index contributed by atoms with van der Waals surface area (Å²) in [5.41, 5.74) is 6.31. The van der Waals surface area contributed by atoms with E-state index in [1.807, 2.05) is 11.8 Å². The van der Waals surface area contributed by atoms with E-state index in [4.69, 9.17) is 10.5 Å². The number of hydrogen-bond acceptors (Lipinski definition) is 5. The molecule has 112 valence electrons. The average molecular weight is 297 g/mol. The number of thiazole rings is 1. The van der Waals surface area contributed by atoms with E-state index in [-0.39, 0.29) is 18.0 Å². The number of carbonyl (C=O) groups excluding carboxylic acids is 1. The van der Waals surface area contributed by atoms with Gasteiger partial charge in [0.15, 0.2) is 0 Å². The molecule has 5 nitrogen and oxygen atoms in total. The Balaban J connectivity index is 2.11. The van der Waals surface area contributed by atoms with Crippen LogP contribution in [-0.4, -0.2) is 42.1 Å². The molecule has 2 atom stereocenters. The van der Waals surface area contributed by atoms with Gasteiger partial charge in [-0.3, -0.25) is 4.79 Å². The lowest BCUT2D eigenvalue weighted by Gasteiger charge is -2.28. The Morgan fingerprint density at radius 3 is 2.80 bits per heavy atom. The summed E-state index contributed by atoms with van der Waals surface area (Å²) in [4.78, 5) is 18.9. The minimum Gasteiger partial charge on any atom is -0.383 e. The second-order valence-corrected chi connectivity index (χ2v) is 6.32. The summed E-state index contributed by atoms with van der Waals surface area (Å²) >= 11 is 1.45. The van der Waals surface area contributed by atoms with Crippen LogP contribution in [0.25, 0.3) is 0 Å². The summed E-state index contributed by atoms with van der Waals surface area (Å²) in [7, 11) is 1.65. The Morgan fingerprint density at radius 1 is 1.60 bits per heavy atom. The summed E-state index contributed by atoms with van der Waals surface area (Å²) in [5, 5.41) is 2.61. The number of ether oxygens (including phenoxy) is 1. The number of carbonyl (C=O) groups is 1. The zero-order valence-electron chi connectivity index (χ0n) is 12.3. The van der Waals surface area contributed by atoms with Crippen LogP contribution in [0.4, 0.5) is 0 Å². The predicted octanol–water partition coefficient (Wildman–Crippen LogP) is 2.05. The fourth-order valence-electron chi connectivity index (χ4n) is 2.25. The number of nitrogens with two attached hydrogens (primary N) is 1. The fraction of sp³-hybridized carbons (Fsp3) is 0.714. The largest absolute Gasteiger partial charge is 0.383 e. The number of methoxy groups -OCH3 is 1. The van der Waals surface area contributed by atoms with Gasteiger partial charge in [0.25, 0.3) is 5.91 Å². The number of rotatable bonds is 7. The molecule has 2 N–H and O–H groups in total. The molecule has 0 bridgehead atoms. The highest BCUT2D eigenvalue weighted by atomic mass is 32.1. The first-order chi connectivity index (χ1) is 9.54. The van der Waals surface area contributed by atoms with Crippen LogP contribution in [0.15, 0.2) is 5.38 Å². The third-order valence-electron chi connectivity index (χ3n) is 3.72. The van der Waals surface area contributed by atoms with Crippen molar-refractivity contribution in [1.82, 2.24) is 9.88 Å². The van der Waals surface area contributed by atoms with Gasteiger partial charge in [-0.15, -0.1) is 11.3 Å². The Morgan fingerprint density at radius 2 is 2.30 bits per heavy atom.